The number of aromatic hydroxyl groups is 1. The molecule has 0 aliphatic rings. The highest BCUT2D eigenvalue weighted by molar-refractivity contribution is 5.57. The number of phenols is 1. The van der Waals surface area contributed by atoms with Gasteiger partial charge in [-0.05, 0) is 29.4 Å². The summed E-state index contributed by atoms with van der Waals surface area (Å²) in [5.41, 5.74) is 8.49. The number of hydrogen-bond acceptors (Lipinski definition) is 2. The lowest BCUT2D eigenvalue weighted by atomic mass is 9.76. The van der Waals surface area contributed by atoms with Gasteiger partial charge >= 0.3 is 0 Å². The molecule has 1 rings (SSSR count). The minimum Gasteiger partial charge on any atom is -0.507 e. The first-order chi connectivity index (χ1) is 8.09. The maximum atomic E-state index is 10.6. The lowest BCUT2D eigenvalue weighted by Gasteiger charge is -2.30. The fourth-order valence-electron chi connectivity index (χ4n) is 2.50. The highest BCUT2D eigenvalue weighted by Crippen LogP contribution is 2.42. The van der Waals surface area contributed by atoms with Gasteiger partial charge in [-0.3, -0.25) is 0 Å². The third kappa shape index (κ3) is 2.98. The number of nitrogens with two attached hydrogens (primary N) is 1. The Morgan fingerprint density at radius 2 is 1.56 bits per heavy atom. The van der Waals surface area contributed by atoms with Gasteiger partial charge in [0.25, 0.3) is 0 Å². The van der Waals surface area contributed by atoms with E-state index in [2.05, 4.69) is 41.5 Å². The summed E-state index contributed by atoms with van der Waals surface area (Å²) >= 11 is 0. The van der Waals surface area contributed by atoms with E-state index in [1.165, 1.54) is 0 Å². The molecule has 0 aromatic heterocycles. The molecular formula is C16H27NO. The topological polar surface area (TPSA) is 46.2 Å². The van der Waals surface area contributed by atoms with Crippen LogP contribution in [0.3, 0.4) is 0 Å². The van der Waals surface area contributed by atoms with Crippen LogP contribution >= 0.6 is 0 Å². The van der Waals surface area contributed by atoms with Crippen molar-refractivity contribution >= 4 is 5.69 Å². The predicted molar refractivity (Wildman–Crippen MR) is 79.2 cm³/mol. The molecule has 0 spiro atoms. The van der Waals surface area contributed by atoms with Gasteiger partial charge in [0.2, 0.25) is 0 Å². The van der Waals surface area contributed by atoms with Gasteiger partial charge in [-0.25, -0.2) is 0 Å². The Kier molecular flexibility index (Phi) is 3.99. The molecule has 0 aliphatic heterocycles. The summed E-state index contributed by atoms with van der Waals surface area (Å²) in [6.07, 6.45) is 2.12. The van der Waals surface area contributed by atoms with Crippen LogP contribution in [0.4, 0.5) is 5.69 Å². The molecule has 102 valence electrons. The first kappa shape index (κ1) is 14.9. The average Bonchev–Trinajstić information content (AvgIpc) is 2.19. The second-order valence-corrected chi connectivity index (χ2v) is 6.85. The quantitative estimate of drug-likeness (QED) is 0.618. The van der Waals surface area contributed by atoms with E-state index in [-0.39, 0.29) is 10.8 Å². The minimum atomic E-state index is -0.101. The van der Waals surface area contributed by atoms with Crippen LogP contribution in [0, 0.1) is 0 Å². The number of nitrogen functional groups attached to an aromatic ring is 1. The summed E-state index contributed by atoms with van der Waals surface area (Å²) in [5, 5.41) is 10.6. The zero-order valence-electron chi connectivity index (χ0n) is 12.6. The predicted octanol–water partition coefficient (Wildman–Crippen LogP) is 4.35. The number of anilines is 1. The Balaban J connectivity index is 3.43. The van der Waals surface area contributed by atoms with Gasteiger partial charge in [0.15, 0.2) is 0 Å². The van der Waals surface area contributed by atoms with Crippen LogP contribution in [0.1, 0.15) is 65.5 Å². The summed E-state index contributed by atoms with van der Waals surface area (Å²) in [6, 6.07) is 3.81. The van der Waals surface area contributed by atoms with Crippen LogP contribution in [0.25, 0.3) is 0 Å². The first-order valence-electron chi connectivity index (χ1n) is 6.73. The molecule has 0 atom stereocenters. The van der Waals surface area contributed by atoms with E-state index in [0.29, 0.717) is 5.75 Å². The molecule has 1 aromatic rings. The molecule has 0 bridgehead atoms. The molecule has 18 heavy (non-hydrogen) atoms. The van der Waals surface area contributed by atoms with Crippen molar-refractivity contribution in [2.75, 3.05) is 5.73 Å². The van der Waals surface area contributed by atoms with Gasteiger partial charge < -0.3 is 10.8 Å². The van der Waals surface area contributed by atoms with E-state index in [0.717, 1.165) is 29.7 Å². The van der Waals surface area contributed by atoms with Gasteiger partial charge in [-0.2, -0.15) is 0 Å². The van der Waals surface area contributed by atoms with Crippen LogP contribution in [-0.4, -0.2) is 5.11 Å². The second kappa shape index (κ2) is 4.83. The zero-order chi connectivity index (χ0) is 14.1. The Morgan fingerprint density at radius 1 is 1.06 bits per heavy atom. The van der Waals surface area contributed by atoms with Crippen molar-refractivity contribution in [2.24, 2.45) is 0 Å². The third-order valence-corrected chi connectivity index (χ3v) is 3.54. The van der Waals surface area contributed by atoms with E-state index in [1.54, 1.807) is 0 Å². The number of benzene rings is 1. The molecule has 0 saturated heterocycles. The van der Waals surface area contributed by atoms with Crippen molar-refractivity contribution in [1.29, 1.82) is 0 Å². The van der Waals surface area contributed by atoms with E-state index in [4.69, 9.17) is 5.73 Å². The molecule has 0 saturated carbocycles. The van der Waals surface area contributed by atoms with Gasteiger partial charge in [-0.15, -0.1) is 0 Å². The van der Waals surface area contributed by atoms with Crippen molar-refractivity contribution in [2.45, 2.75) is 65.2 Å². The number of rotatable bonds is 3. The van der Waals surface area contributed by atoms with Gasteiger partial charge in [0, 0.05) is 16.8 Å². The summed E-state index contributed by atoms with van der Waals surface area (Å²) < 4.78 is 0. The maximum Gasteiger partial charge on any atom is 0.123 e. The Hall–Kier alpha value is -1.18. The van der Waals surface area contributed by atoms with Crippen LogP contribution in [0.15, 0.2) is 12.1 Å². The lowest BCUT2D eigenvalue weighted by Crippen LogP contribution is -2.20. The second-order valence-electron chi connectivity index (χ2n) is 6.85. The normalized spacial score (nSPS) is 12.8. The molecule has 2 heteroatoms. The monoisotopic (exact) mass is 249 g/mol. The molecule has 1 aromatic carbocycles. The van der Waals surface area contributed by atoms with Crippen molar-refractivity contribution in [3.05, 3.63) is 23.3 Å². The number of hydrogen-bond donors (Lipinski definition) is 2. The van der Waals surface area contributed by atoms with Crippen molar-refractivity contribution in [1.82, 2.24) is 0 Å². The molecule has 0 aliphatic carbocycles. The van der Waals surface area contributed by atoms with E-state index in [1.807, 2.05) is 12.1 Å². The maximum absolute atomic E-state index is 10.6. The van der Waals surface area contributed by atoms with Crippen LogP contribution in [0.5, 0.6) is 5.75 Å². The SMILES string of the molecule is CCCC(C)(C)c1cc(N)cc(C(C)(C)C)c1O. The largest absolute Gasteiger partial charge is 0.507 e. The van der Waals surface area contributed by atoms with Gasteiger partial charge in [0.1, 0.15) is 5.75 Å². The Morgan fingerprint density at radius 3 is 2.00 bits per heavy atom. The molecule has 3 N–H and O–H groups in total. The van der Waals surface area contributed by atoms with Crippen molar-refractivity contribution in [3.63, 3.8) is 0 Å². The minimum absolute atomic E-state index is 0.0474. The number of phenolic OH excluding ortho intramolecular Hbond substituents is 1. The zero-order valence-corrected chi connectivity index (χ0v) is 12.6. The van der Waals surface area contributed by atoms with Crippen LogP contribution < -0.4 is 5.73 Å². The summed E-state index contributed by atoms with van der Waals surface area (Å²) in [7, 11) is 0. The third-order valence-electron chi connectivity index (χ3n) is 3.54. The Labute approximate surface area is 111 Å². The summed E-state index contributed by atoms with van der Waals surface area (Å²) in [6.45, 7) is 12.8. The molecule has 0 amide bonds. The Bertz CT molecular complexity index is 427. The fourth-order valence-corrected chi connectivity index (χ4v) is 2.50. The molecule has 0 radical (unpaired) electrons. The molecule has 0 unspecified atom stereocenters. The van der Waals surface area contributed by atoms with E-state index in [9.17, 15) is 5.11 Å². The summed E-state index contributed by atoms with van der Waals surface area (Å²) in [5.74, 6) is 0.412. The molecule has 0 heterocycles. The van der Waals surface area contributed by atoms with Crippen molar-refractivity contribution < 1.29 is 5.11 Å². The van der Waals surface area contributed by atoms with Gasteiger partial charge in [-0.1, -0.05) is 48.0 Å². The average molecular weight is 249 g/mol. The smallest absolute Gasteiger partial charge is 0.123 e. The van der Waals surface area contributed by atoms with Crippen LogP contribution in [0.2, 0.25) is 0 Å². The highest BCUT2D eigenvalue weighted by Gasteiger charge is 2.28. The van der Waals surface area contributed by atoms with Crippen LogP contribution in [-0.2, 0) is 10.8 Å². The summed E-state index contributed by atoms with van der Waals surface area (Å²) in [4.78, 5) is 0. The highest BCUT2D eigenvalue weighted by atomic mass is 16.3. The van der Waals surface area contributed by atoms with E-state index < -0.39 is 0 Å². The standard InChI is InChI=1S/C16H27NO/c1-7-8-16(5,6)13-10-11(17)9-12(14(13)18)15(2,3)4/h9-10,18H,7-8,17H2,1-6H3. The molecule has 2 nitrogen and oxygen atoms in total. The lowest BCUT2D eigenvalue weighted by molar-refractivity contribution is 0.402. The molecule has 0 fully saturated rings. The van der Waals surface area contributed by atoms with Crippen molar-refractivity contribution in [3.8, 4) is 5.75 Å². The fraction of sp³-hybridized carbons (Fsp3) is 0.625. The molecular weight excluding hydrogens is 222 g/mol. The van der Waals surface area contributed by atoms with E-state index >= 15 is 0 Å². The first-order valence-corrected chi connectivity index (χ1v) is 6.73. The van der Waals surface area contributed by atoms with Gasteiger partial charge in [0.05, 0.1) is 0 Å².